The van der Waals surface area contributed by atoms with Crippen molar-refractivity contribution < 1.29 is 13.2 Å². The number of sulfonamides is 1. The average molecular weight is 309 g/mol. The molecular formula is C12H15N5O3S. The van der Waals surface area contributed by atoms with Crippen LogP contribution in [0.25, 0.3) is 0 Å². The topological polar surface area (TPSA) is 119 Å². The molecule has 0 amide bonds. The Hall–Kier alpha value is -2.39. The summed E-state index contributed by atoms with van der Waals surface area (Å²) >= 11 is 0. The van der Waals surface area contributed by atoms with E-state index in [-0.39, 0.29) is 10.8 Å². The van der Waals surface area contributed by atoms with E-state index in [2.05, 4.69) is 20.1 Å². The Kier molecular flexibility index (Phi) is 4.24. The van der Waals surface area contributed by atoms with E-state index in [0.717, 1.165) is 18.0 Å². The predicted molar refractivity (Wildman–Crippen MR) is 78.4 cm³/mol. The second-order valence-electron chi connectivity index (χ2n) is 4.20. The molecule has 1 aromatic heterocycles. The number of hydrogen-bond donors (Lipinski definition) is 3. The fourth-order valence-corrected chi connectivity index (χ4v) is 2.58. The molecule has 0 spiro atoms. The van der Waals surface area contributed by atoms with E-state index in [1.54, 1.807) is 12.1 Å². The number of rotatable bonds is 5. The van der Waals surface area contributed by atoms with Gasteiger partial charge in [0.15, 0.2) is 0 Å². The van der Waals surface area contributed by atoms with Crippen LogP contribution in [0.15, 0.2) is 35.5 Å². The van der Waals surface area contributed by atoms with Crippen LogP contribution in [0.5, 0.6) is 5.75 Å². The summed E-state index contributed by atoms with van der Waals surface area (Å²) in [6, 6.07) is 5.18. The highest BCUT2D eigenvalue weighted by Crippen LogP contribution is 2.27. The lowest BCUT2D eigenvalue weighted by Crippen LogP contribution is -2.16. The van der Waals surface area contributed by atoms with Crippen LogP contribution in [0.4, 0.5) is 11.6 Å². The largest absolute Gasteiger partial charge is 0.495 e. The predicted octanol–water partition coefficient (Wildman–Crippen LogP) is 0.880. The molecule has 1 heterocycles. The zero-order chi connectivity index (χ0) is 15.5. The molecule has 0 fully saturated rings. The van der Waals surface area contributed by atoms with Crippen LogP contribution in [0.1, 0.15) is 5.56 Å². The third-order valence-electron chi connectivity index (χ3n) is 2.67. The summed E-state index contributed by atoms with van der Waals surface area (Å²) in [6.45, 7) is 1.85. The number of ether oxygens (including phenoxy) is 1. The van der Waals surface area contributed by atoms with Gasteiger partial charge in [-0.1, -0.05) is 6.07 Å². The number of anilines is 2. The van der Waals surface area contributed by atoms with Crippen LogP contribution in [0, 0.1) is 6.92 Å². The van der Waals surface area contributed by atoms with Crippen LogP contribution in [0.3, 0.4) is 0 Å². The third kappa shape index (κ3) is 3.38. The lowest BCUT2D eigenvalue weighted by atomic mass is 10.2. The van der Waals surface area contributed by atoms with Gasteiger partial charge in [-0.2, -0.15) is 0 Å². The van der Waals surface area contributed by atoms with E-state index >= 15 is 0 Å². The van der Waals surface area contributed by atoms with Crippen molar-refractivity contribution in [3.05, 3.63) is 36.2 Å². The molecule has 0 unspecified atom stereocenters. The van der Waals surface area contributed by atoms with Crippen molar-refractivity contribution in [1.82, 2.24) is 9.97 Å². The normalized spacial score (nSPS) is 11.0. The number of nitrogens with two attached hydrogens (primary N) is 1. The van der Waals surface area contributed by atoms with Gasteiger partial charge < -0.3 is 4.74 Å². The lowest BCUT2D eigenvalue weighted by molar-refractivity contribution is 0.417. The first kappa shape index (κ1) is 15.0. The molecule has 0 bridgehead atoms. The summed E-state index contributed by atoms with van der Waals surface area (Å²) in [5.41, 5.74) is 3.47. The molecule has 2 aromatic rings. The van der Waals surface area contributed by atoms with E-state index in [0.29, 0.717) is 11.4 Å². The maximum atomic E-state index is 12.3. The average Bonchev–Trinajstić information content (AvgIpc) is 2.47. The quantitative estimate of drug-likeness (QED) is 0.554. The molecule has 0 saturated heterocycles. The summed E-state index contributed by atoms with van der Waals surface area (Å²) in [7, 11) is -2.35. The summed E-state index contributed by atoms with van der Waals surface area (Å²) in [5.74, 6) is 5.68. The maximum absolute atomic E-state index is 12.3. The van der Waals surface area contributed by atoms with Gasteiger partial charge in [-0.05, 0) is 24.6 Å². The van der Waals surface area contributed by atoms with Gasteiger partial charge in [0, 0.05) is 0 Å². The van der Waals surface area contributed by atoms with Gasteiger partial charge in [-0.3, -0.25) is 10.1 Å². The molecule has 0 aliphatic rings. The van der Waals surface area contributed by atoms with Gasteiger partial charge in [-0.25, -0.2) is 24.2 Å². The minimum atomic E-state index is -3.81. The summed E-state index contributed by atoms with van der Waals surface area (Å²) in [4.78, 5) is 7.46. The molecule has 21 heavy (non-hydrogen) atoms. The second kappa shape index (κ2) is 5.94. The molecule has 9 heteroatoms. The molecule has 1 aromatic carbocycles. The summed E-state index contributed by atoms with van der Waals surface area (Å²) in [6.07, 6.45) is 2.32. The fraction of sp³-hybridized carbons (Fsp3) is 0.167. The number of nitrogen functional groups attached to an aromatic ring is 1. The van der Waals surface area contributed by atoms with Gasteiger partial charge in [-0.15, -0.1) is 0 Å². The third-order valence-corrected chi connectivity index (χ3v) is 3.99. The molecule has 112 valence electrons. The highest BCUT2D eigenvalue weighted by Gasteiger charge is 2.17. The zero-order valence-corrected chi connectivity index (χ0v) is 12.3. The van der Waals surface area contributed by atoms with Crippen molar-refractivity contribution in [2.24, 2.45) is 5.84 Å². The molecule has 0 radical (unpaired) electrons. The van der Waals surface area contributed by atoms with Gasteiger partial charge in [0.1, 0.15) is 10.6 Å². The van der Waals surface area contributed by atoms with Crippen LogP contribution in [0.2, 0.25) is 0 Å². The zero-order valence-electron chi connectivity index (χ0n) is 11.5. The number of nitrogens with one attached hydrogen (secondary N) is 2. The lowest BCUT2D eigenvalue weighted by Gasteiger charge is -2.12. The monoisotopic (exact) mass is 309 g/mol. The molecule has 8 nitrogen and oxygen atoms in total. The molecule has 0 aliphatic carbocycles. The fourth-order valence-electron chi connectivity index (χ4n) is 1.63. The number of hydrazine groups is 1. The minimum absolute atomic E-state index is 0.0786. The summed E-state index contributed by atoms with van der Waals surface area (Å²) in [5, 5.41) is 0. The number of aromatic nitrogens is 2. The minimum Gasteiger partial charge on any atom is -0.495 e. The van der Waals surface area contributed by atoms with E-state index in [4.69, 9.17) is 10.6 Å². The number of benzene rings is 1. The number of methoxy groups -OCH3 is 1. The van der Waals surface area contributed by atoms with Crippen molar-refractivity contribution in [3.8, 4) is 5.75 Å². The first-order chi connectivity index (χ1) is 9.96. The van der Waals surface area contributed by atoms with Gasteiger partial charge in [0.25, 0.3) is 10.0 Å². The van der Waals surface area contributed by atoms with Crippen LogP contribution >= 0.6 is 0 Å². The Balaban J connectivity index is 2.34. The Morgan fingerprint density at radius 2 is 1.90 bits per heavy atom. The molecule has 0 aliphatic heterocycles. The van der Waals surface area contributed by atoms with E-state index in [1.807, 2.05) is 13.0 Å². The van der Waals surface area contributed by atoms with Crippen molar-refractivity contribution in [3.63, 3.8) is 0 Å². The first-order valence-electron chi connectivity index (χ1n) is 5.92. The summed E-state index contributed by atoms with van der Waals surface area (Å²) < 4.78 is 32.1. The van der Waals surface area contributed by atoms with Gasteiger partial charge in [0.05, 0.1) is 25.2 Å². The molecule has 0 atom stereocenters. The van der Waals surface area contributed by atoms with E-state index < -0.39 is 10.0 Å². The highest BCUT2D eigenvalue weighted by atomic mass is 32.2. The molecule has 2 rings (SSSR count). The number of aryl methyl sites for hydroxylation is 1. The van der Waals surface area contributed by atoms with Gasteiger partial charge in [0.2, 0.25) is 5.95 Å². The Morgan fingerprint density at radius 1 is 1.24 bits per heavy atom. The van der Waals surface area contributed by atoms with Gasteiger partial charge >= 0.3 is 0 Å². The molecule has 4 N–H and O–H groups in total. The Bertz CT molecular complexity index is 731. The standard InChI is InChI=1S/C12H15N5O3S/c1-8-3-4-11(20-2)10(5-8)17-21(18,19)9-6-14-12(16-13)15-7-9/h3-7,17H,13H2,1-2H3,(H,14,15,16). The Morgan fingerprint density at radius 3 is 2.48 bits per heavy atom. The molecule has 0 saturated carbocycles. The SMILES string of the molecule is COc1ccc(C)cc1NS(=O)(=O)c1cnc(NN)nc1. The number of nitrogens with zero attached hydrogens (tertiary/aromatic N) is 2. The smallest absolute Gasteiger partial charge is 0.265 e. The Labute approximate surface area is 122 Å². The highest BCUT2D eigenvalue weighted by molar-refractivity contribution is 7.92. The van der Waals surface area contributed by atoms with E-state index in [9.17, 15) is 8.42 Å². The van der Waals surface area contributed by atoms with Crippen LogP contribution in [-0.4, -0.2) is 25.5 Å². The van der Waals surface area contributed by atoms with E-state index in [1.165, 1.54) is 7.11 Å². The maximum Gasteiger partial charge on any atom is 0.265 e. The van der Waals surface area contributed by atoms with Crippen molar-refractivity contribution in [2.45, 2.75) is 11.8 Å². The van der Waals surface area contributed by atoms with Crippen molar-refractivity contribution in [1.29, 1.82) is 0 Å². The van der Waals surface area contributed by atoms with Crippen LogP contribution in [-0.2, 0) is 10.0 Å². The second-order valence-corrected chi connectivity index (χ2v) is 5.88. The molecular weight excluding hydrogens is 294 g/mol. The first-order valence-corrected chi connectivity index (χ1v) is 7.40. The number of hydrogen-bond acceptors (Lipinski definition) is 7. The van der Waals surface area contributed by atoms with Crippen molar-refractivity contribution in [2.75, 3.05) is 17.3 Å². The van der Waals surface area contributed by atoms with Crippen LogP contribution < -0.4 is 20.7 Å². The van der Waals surface area contributed by atoms with Crippen molar-refractivity contribution >= 4 is 21.7 Å².